The van der Waals surface area contributed by atoms with Crippen molar-refractivity contribution in [2.45, 2.75) is 27.3 Å². The molecule has 0 fully saturated rings. The smallest absolute Gasteiger partial charge is 0.251 e. The standard InChI is InChI=1S/C15H18N2OS/c1-9-4-5-19-14(9)8-17-15(18)12-7-13(16)11(3)6-10(12)2/h4-7H,8,16H2,1-3H3,(H,17,18). The molecule has 1 aromatic carbocycles. The van der Waals surface area contributed by atoms with Gasteiger partial charge in [-0.3, -0.25) is 4.79 Å². The van der Waals surface area contributed by atoms with E-state index in [1.165, 1.54) is 10.4 Å². The normalized spacial score (nSPS) is 10.5. The lowest BCUT2D eigenvalue weighted by Crippen LogP contribution is -2.23. The summed E-state index contributed by atoms with van der Waals surface area (Å²) in [6.45, 7) is 6.49. The van der Waals surface area contributed by atoms with Crippen LogP contribution in [-0.4, -0.2) is 5.91 Å². The van der Waals surface area contributed by atoms with E-state index in [4.69, 9.17) is 5.73 Å². The third-order valence-electron chi connectivity index (χ3n) is 3.24. The molecule has 4 heteroatoms. The van der Waals surface area contributed by atoms with Crippen LogP contribution >= 0.6 is 11.3 Å². The van der Waals surface area contributed by atoms with Crippen molar-refractivity contribution in [2.24, 2.45) is 0 Å². The van der Waals surface area contributed by atoms with E-state index < -0.39 is 0 Å². The van der Waals surface area contributed by atoms with Crippen LogP contribution in [0.3, 0.4) is 0 Å². The number of amides is 1. The van der Waals surface area contributed by atoms with Crippen LogP contribution < -0.4 is 11.1 Å². The lowest BCUT2D eigenvalue weighted by atomic mass is 10.0. The molecule has 0 saturated carbocycles. The molecule has 3 nitrogen and oxygen atoms in total. The van der Waals surface area contributed by atoms with Gasteiger partial charge in [0.2, 0.25) is 0 Å². The Hall–Kier alpha value is -1.81. The van der Waals surface area contributed by atoms with Gasteiger partial charge < -0.3 is 11.1 Å². The predicted octanol–water partition coefficient (Wildman–Crippen LogP) is 3.19. The first-order valence-electron chi connectivity index (χ1n) is 6.17. The Morgan fingerprint density at radius 1 is 1.21 bits per heavy atom. The highest BCUT2D eigenvalue weighted by atomic mass is 32.1. The molecule has 0 radical (unpaired) electrons. The second kappa shape index (κ2) is 5.45. The summed E-state index contributed by atoms with van der Waals surface area (Å²) in [7, 11) is 0. The average molecular weight is 274 g/mol. The Labute approximate surface area is 117 Å². The molecule has 2 rings (SSSR count). The quantitative estimate of drug-likeness (QED) is 0.845. The molecule has 0 spiro atoms. The number of carbonyl (C=O) groups excluding carboxylic acids is 1. The summed E-state index contributed by atoms with van der Waals surface area (Å²) in [4.78, 5) is 13.4. The monoisotopic (exact) mass is 274 g/mol. The second-order valence-electron chi connectivity index (χ2n) is 4.73. The molecule has 0 saturated heterocycles. The van der Waals surface area contributed by atoms with E-state index in [0.29, 0.717) is 17.8 Å². The molecule has 1 aromatic heterocycles. The van der Waals surface area contributed by atoms with Crippen molar-refractivity contribution < 1.29 is 4.79 Å². The summed E-state index contributed by atoms with van der Waals surface area (Å²) in [5.41, 5.74) is 10.3. The van der Waals surface area contributed by atoms with Gasteiger partial charge in [0.25, 0.3) is 5.91 Å². The Balaban J connectivity index is 2.12. The number of nitrogen functional groups attached to an aromatic ring is 1. The van der Waals surface area contributed by atoms with Crippen LogP contribution in [0.15, 0.2) is 23.6 Å². The van der Waals surface area contributed by atoms with Crippen LogP contribution in [0.2, 0.25) is 0 Å². The van der Waals surface area contributed by atoms with Gasteiger partial charge in [0, 0.05) is 16.1 Å². The lowest BCUT2D eigenvalue weighted by Gasteiger charge is -2.10. The van der Waals surface area contributed by atoms with Gasteiger partial charge in [0.05, 0.1) is 6.54 Å². The molecule has 100 valence electrons. The number of carbonyl (C=O) groups is 1. The molecular weight excluding hydrogens is 256 g/mol. The van der Waals surface area contributed by atoms with E-state index in [2.05, 4.69) is 11.4 Å². The number of hydrogen-bond donors (Lipinski definition) is 2. The summed E-state index contributed by atoms with van der Waals surface area (Å²) >= 11 is 1.66. The predicted molar refractivity (Wildman–Crippen MR) is 80.6 cm³/mol. The van der Waals surface area contributed by atoms with Crippen molar-refractivity contribution in [2.75, 3.05) is 5.73 Å². The fourth-order valence-electron chi connectivity index (χ4n) is 1.95. The molecule has 0 atom stereocenters. The molecule has 0 aliphatic rings. The molecule has 19 heavy (non-hydrogen) atoms. The number of rotatable bonds is 3. The van der Waals surface area contributed by atoms with Crippen LogP contribution in [0, 0.1) is 20.8 Å². The van der Waals surface area contributed by atoms with E-state index in [1.54, 1.807) is 17.4 Å². The average Bonchev–Trinajstić information content (AvgIpc) is 2.76. The van der Waals surface area contributed by atoms with Crippen LogP contribution in [0.4, 0.5) is 5.69 Å². The molecule has 1 heterocycles. The fraction of sp³-hybridized carbons (Fsp3) is 0.267. The van der Waals surface area contributed by atoms with Gasteiger partial charge in [-0.25, -0.2) is 0 Å². The minimum absolute atomic E-state index is 0.0722. The number of nitrogens with one attached hydrogen (secondary N) is 1. The van der Waals surface area contributed by atoms with Crippen LogP contribution in [0.1, 0.15) is 31.9 Å². The van der Waals surface area contributed by atoms with E-state index in [-0.39, 0.29) is 5.91 Å². The number of nitrogens with two attached hydrogens (primary N) is 1. The zero-order valence-electron chi connectivity index (χ0n) is 11.4. The maximum absolute atomic E-state index is 12.2. The van der Waals surface area contributed by atoms with Gasteiger partial charge in [0.1, 0.15) is 0 Å². The van der Waals surface area contributed by atoms with Crippen molar-refractivity contribution in [3.05, 3.63) is 50.7 Å². The van der Waals surface area contributed by atoms with E-state index in [9.17, 15) is 4.79 Å². The molecule has 0 unspecified atom stereocenters. The van der Waals surface area contributed by atoms with Crippen molar-refractivity contribution in [1.29, 1.82) is 0 Å². The van der Waals surface area contributed by atoms with E-state index in [0.717, 1.165) is 11.1 Å². The zero-order chi connectivity index (χ0) is 14.0. The minimum atomic E-state index is -0.0722. The van der Waals surface area contributed by atoms with Crippen molar-refractivity contribution in [3.8, 4) is 0 Å². The summed E-state index contributed by atoms with van der Waals surface area (Å²) in [6.07, 6.45) is 0. The summed E-state index contributed by atoms with van der Waals surface area (Å²) < 4.78 is 0. The van der Waals surface area contributed by atoms with Gasteiger partial charge in [-0.15, -0.1) is 11.3 Å². The zero-order valence-corrected chi connectivity index (χ0v) is 12.2. The molecule has 1 amide bonds. The Morgan fingerprint density at radius 3 is 2.58 bits per heavy atom. The number of thiophene rings is 1. The van der Waals surface area contributed by atoms with Gasteiger partial charge in [-0.05, 0) is 55.0 Å². The Kier molecular flexibility index (Phi) is 3.90. The number of benzene rings is 1. The first kappa shape index (κ1) is 13.6. The third-order valence-corrected chi connectivity index (χ3v) is 4.26. The number of hydrogen-bond acceptors (Lipinski definition) is 3. The van der Waals surface area contributed by atoms with Gasteiger partial charge in [-0.1, -0.05) is 6.07 Å². The minimum Gasteiger partial charge on any atom is -0.398 e. The van der Waals surface area contributed by atoms with E-state index >= 15 is 0 Å². The summed E-state index contributed by atoms with van der Waals surface area (Å²) in [5, 5.41) is 4.98. The highest BCUT2D eigenvalue weighted by Crippen LogP contribution is 2.19. The number of aryl methyl sites for hydroxylation is 3. The van der Waals surface area contributed by atoms with Crippen molar-refractivity contribution in [3.63, 3.8) is 0 Å². The molecule has 0 aliphatic heterocycles. The summed E-state index contributed by atoms with van der Waals surface area (Å²) in [5.74, 6) is -0.0722. The van der Waals surface area contributed by atoms with E-state index in [1.807, 2.05) is 32.2 Å². The van der Waals surface area contributed by atoms with Gasteiger partial charge >= 0.3 is 0 Å². The summed E-state index contributed by atoms with van der Waals surface area (Å²) in [6, 6.07) is 5.75. The molecular formula is C15H18N2OS. The lowest BCUT2D eigenvalue weighted by molar-refractivity contribution is 0.0950. The van der Waals surface area contributed by atoms with Gasteiger partial charge in [-0.2, -0.15) is 0 Å². The first-order valence-corrected chi connectivity index (χ1v) is 7.05. The van der Waals surface area contributed by atoms with Gasteiger partial charge in [0.15, 0.2) is 0 Å². The van der Waals surface area contributed by atoms with Crippen molar-refractivity contribution in [1.82, 2.24) is 5.32 Å². The fourth-order valence-corrected chi connectivity index (χ4v) is 2.80. The van der Waals surface area contributed by atoms with Crippen LogP contribution in [-0.2, 0) is 6.54 Å². The first-order chi connectivity index (χ1) is 8.99. The SMILES string of the molecule is Cc1cc(C)c(C(=O)NCc2sccc2C)cc1N. The second-order valence-corrected chi connectivity index (χ2v) is 5.73. The topological polar surface area (TPSA) is 55.1 Å². The molecule has 0 aliphatic carbocycles. The Bertz CT molecular complexity index is 617. The third kappa shape index (κ3) is 2.96. The largest absolute Gasteiger partial charge is 0.398 e. The van der Waals surface area contributed by atoms with Crippen LogP contribution in [0.25, 0.3) is 0 Å². The van der Waals surface area contributed by atoms with Crippen LogP contribution in [0.5, 0.6) is 0 Å². The molecule has 2 aromatic rings. The molecule has 3 N–H and O–H groups in total. The maximum Gasteiger partial charge on any atom is 0.251 e. The molecule has 0 bridgehead atoms. The van der Waals surface area contributed by atoms with Crippen molar-refractivity contribution >= 4 is 22.9 Å². The maximum atomic E-state index is 12.2. The Morgan fingerprint density at radius 2 is 1.95 bits per heavy atom. The highest BCUT2D eigenvalue weighted by Gasteiger charge is 2.11. The highest BCUT2D eigenvalue weighted by molar-refractivity contribution is 7.10. The number of anilines is 1.